The van der Waals surface area contributed by atoms with E-state index in [1.54, 1.807) is 7.11 Å². The number of ether oxygens (including phenoxy) is 1. The fourth-order valence-electron chi connectivity index (χ4n) is 1.45. The van der Waals surface area contributed by atoms with Gasteiger partial charge in [0.1, 0.15) is 10.6 Å². The van der Waals surface area contributed by atoms with Crippen LogP contribution in [0.1, 0.15) is 30.6 Å². The van der Waals surface area contributed by atoms with E-state index in [2.05, 4.69) is 23.5 Å². The predicted molar refractivity (Wildman–Crippen MR) is 73.8 cm³/mol. The summed E-state index contributed by atoms with van der Waals surface area (Å²) in [5.41, 5.74) is 11.2. The summed E-state index contributed by atoms with van der Waals surface area (Å²) in [7, 11) is 1.68. The Labute approximate surface area is 111 Å². The van der Waals surface area contributed by atoms with Crippen LogP contribution >= 0.6 is 11.5 Å². The summed E-state index contributed by atoms with van der Waals surface area (Å²) in [4.78, 5) is 11.2. The Hall–Kier alpha value is -1.34. The Kier molecular flexibility index (Phi) is 4.92. The molecule has 0 atom stereocenters. The van der Waals surface area contributed by atoms with Crippen LogP contribution in [0.2, 0.25) is 0 Å². The third-order valence-electron chi connectivity index (χ3n) is 2.68. The second-order valence-electron chi connectivity index (χ2n) is 4.90. The molecule has 0 spiro atoms. The van der Waals surface area contributed by atoms with Crippen molar-refractivity contribution in [3.8, 4) is 0 Å². The Morgan fingerprint density at radius 1 is 1.56 bits per heavy atom. The van der Waals surface area contributed by atoms with E-state index in [0.717, 1.165) is 18.0 Å². The van der Waals surface area contributed by atoms with Crippen LogP contribution in [-0.4, -0.2) is 30.5 Å². The molecule has 0 aliphatic rings. The summed E-state index contributed by atoms with van der Waals surface area (Å²) in [6.07, 6.45) is 0.913. The van der Waals surface area contributed by atoms with Gasteiger partial charge >= 0.3 is 0 Å². The smallest absolute Gasteiger partial charge is 0.255 e. The third-order valence-corrected chi connectivity index (χ3v) is 3.49. The number of nitrogens with zero attached hydrogens (tertiary/aromatic N) is 1. The first-order valence-corrected chi connectivity index (χ1v) is 6.42. The van der Waals surface area contributed by atoms with Crippen LogP contribution in [0.3, 0.4) is 0 Å². The lowest BCUT2D eigenvalue weighted by Gasteiger charge is -2.24. The predicted octanol–water partition coefficient (Wildman–Crippen LogP) is 1.30. The molecule has 1 amide bonds. The Bertz CT molecular complexity index is 417. The van der Waals surface area contributed by atoms with Gasteiger partial charge in [0.15, 0.2) is 5.82 Å². The third kappa shape index (κ3) is 3.85. The number of rotatable bonds is 7. The van der Waals surface area contributed by atoms with Crippen LogP contribution in [0.4, 0.5) is 10.8 Å². The van der Waals surface area contributed by atoms with E-state index in [1.165, 1.54) is 0 Å². The van der Waals surface area contributed by atoms with Gasteiger partial charge in [-0.2, -0.15) is 4.37 Å². The molecule has 7 heteroatoms. The van der Waals surface area contributed by atoms with Crippen LogP contribution in [0.15, 0.2) is 0 Å². The Morgan fingerprint density at radius 3 is 2.78 bits per heavy atom. The summed E-state index contributed by atoms with van der Waals surface area (Å²) in [6.45, 7) is 5.63. The molecule has 6 nitrogen and oxygen atoms in total. The molecule has 0 aliphatic heterocycles. The highest BCUT2D eigenvalue weighted by atomic mass is 32.1. The monoisotopic (exact) mass is 272 g/mol. The van der Waals surface area contributed by atoms with E-state index in [-0.39, 0.29) is 16.8 Å². The highest BCUT2D eigenvalue weighted by molar-refractivity contribution is 7.11. The number of methoxy groups -OCH3 is 1. The maximum Gasteiger partial charge on any atom is 0.255 e. The van der Waals surface area contributed by atoms with E-state index in [9.17, 15) is 4.79 Å². The number of hydrogen-bond acceptors (Lipinski definition) is 6. The van der Waals surface area contributed by atoms with E-state index in [0.29, 0.717) is 18.2 Å². The van der Waals surface area contributed by atoms with Gasteiger partial charge in [0, 0.05) is 20.3 Å². The second kappa shape index (κ2) is 6.01. The van der Waals surface area contributed by atoms with Crippen LogP contribution in [0, 0.1) is 5.41 Å². The van der Waals surface area contributed by atoms with Crippen molar-refractivity contribution in [2.75, 3.05) is 31.3 Å². The van der Waals surface area contributed by atoms with Gasteiger partial charge in [-0.3, -0.25) is 4.79 Å². The van der Waals surface area contributed by atoms with Crippen molar-refractivity contribution in [3.63, 3.8) is 0 Å². The molecular formula is C11H20N4O2S. The summed E-state index contributed by atoms with van der Waals surface area (Å²) >= 11 is 1.15. The van der Waals surface area contributed by atoms with Crippen molar-refractivity contribution in [3.05, 3.63) is 5.56 Å². The lowest BCUT2D eigenvalue weighted by Crippen LogP contribution is -2.25. The molecule has 0 fully saturated rings. The van der Waals surface area contributed by atoms with Gasteiger partial charge in [-0.15, -0.1) is 0 Å². The fraction of sp³-hybridized carbons (Fsp3) is 0.636. The van der Waals surface area contributed by atoms with Crippen molar-refractivity contribution in [1.82, 2.24) is 4.37 Å². The first-order chi connectivity index (χ1) is 8.37. The zero-order chi connectivity index (χ0) is 13.8. The van der Waals surface area contributed by atoms with Gasteiger partial charge in [0.25, 0.3) is 5.91 Å². The SMILES string of the molecule is COCCC(C)(C)CNc1snc(N)c1C(N)=O. The van der Waals surface area contributed by atoms with Gasteiger partial charge in [-0.25, -0.2) is 0 Å². The number of anilines is 2. The van der Waals surface area contributed by atoms with E-state index in [1.807, 2.05) is 0 Å². The minimum absolute atomic E-state index is 0.0453. The molecule has 0 radical (unpaired) electrons. The zero-order valence-corrected chi connectivity index (χ0v) is 11.8. The van der Waals surface area contributed by atoms with Crippen molar-refractivity contribution in [1.29, 1.82) is 0 Å². The summed E-state index contributed by atoms with van der Waals surface area (Å²) in [5, 5.41) is 3.81. The molecule has 1 aromatic heterocycles. The maximum absolute atomic E-state index is 11.2. The summed E-state index contributed by atoms with van der Waals surface area (Å²) in [6, 6.07) is 0. The maximum atomic E-state index is 11.2. The van der Waals surface area contributed by atoms with E-state index in [4.69, 9.17) is 16.2 Å². The number of hydrogen-bond donors (Lipinski definition) is 3. The van der Waals surface area contributed by atoms with Crippen molar-refractivity contribution < 1.29 is 9.53 Å². The molecule has 0 saturated heterocycles. The molecule has 0 saturated carbocycles. The molecule has 0 unspecified atom stereocenters. The first-order valence-electron chi connectivity index (χ1n) is 5.65. The number of nitrogens with one attached hydrogen (secondary N) is 1. The minimum Gasteiger partial charge on any atom is -0.385 e. The van der Waals surface area contributed by atoms with E-state index < -0.39 is 5.91 Å². The molecule has 5 N–H and O–H groups in total. The van der Waals surface area contributed by atoms with Gasteiger partial charge in [-0.05, 0) is 23.4 Å². The van der Waals surface area contributed by atoms with Crippen molar-refractivity contribution in [2.45, 2.75) is 20.3 Å². The highest BCUT2D eigenvalue weighted by Crippen LogP contribution is 2.28. The van der Waals surface area contributed by atoms with Gasteiger partial charge in [-0.1, -0.05) is 13.8 Å². The topological polar surface area (TPSA) is 103 Å². The largest absolute Gasteiger partial charge is 0.385 e. The number of primary amides is 1. The van der Waals surface area contributed by atoms with Crippen LogP contribution in [0.5, 0.6) is 0 Å². The first kappa shape index (κ1) is 14.7. The quantitative estimate of drug-likeness (QED) is 0.694. The Morgan fingerprint density at radius 2 is 2.22 bits per heavy atom. The van der Waals surface area contributed by atoms with Crippen molar-refractivity contribution in [2.24, 2.45) is 11.1 Å². The second-order valence-corrected chi connectivity index (χ2v) is 5.67. The van der Waals surface area contributed by atoms with Crippen LogP contribution < -0.4 is 16.8 Å². The van der Waals surface area contributed by atoms with E-state index >= 15 is 0 Å². The molecule has 0 aliphatic carbocycles. The lowest BCUT2D eigenvalue weighted by molar-refractivity contribution is 0.100. The summed E-state index contributed by atoms with van der Waals surface area (Å²) < 4.78 is 9.00. The van der Waals surface area contributed by atoms with Crippen LogP contribution in [0.25, 0.3) is 0 Å². The molecule has 0 bridgehead atoms. The molecule has 1 rings (SSSR count). The van der Waals surface area contributed by atoms with Crippen molar-refractivity contribution >= 4 is 28.3 Å². The number of carbonyl (C=O) groups is 1. The fourth-order valence-corrected chi connectivity index (χ4v) is 2.16. The molecule has 18 heavy (non-hydrogen) atoms. The normalized spacial score (nSPS) is 11.5. The Balaban J connectivity index is 2.66. The number of nitrogen functional groups attached to an aromatic ring is 1. The zero-order valence-electron chi connectivity index (χ0n) is 10.9. The summed E-state index contributed by atoms with van der Waals surface area (Å²) in [5.74, 6) is -0.372. The molecule has 102 valence electrons. The average molecular weight is 272 g/mol. The highest BCUT2D eigenvalue weighted by Gasteiger charge is 2.21. The minimum atomic E-state index is -0.557. The molecular weight excluding hydrogens is 252 g/mol. The standard InChI is InChI=1S/C11H20N4O2S/c1-11(2,4-5-17-3)6-14-10-7(9(13)16)8(12)15-18-10/h14H,4-6H2,1-3H3,(H2,12,15)(H2,13,16). The van der Waals surface area contributed by atoms with Crippen LogP contribution in [-0.2, 0) is 4.74 Å². The number of carbonyl (C=O) groups excluding carboxylic acids is 1. The van der Waals surface area contributed by atoms with Gasteiger partial charge in [0.2, 0.25) is 0 Å². The average Bonchev–Trinajstić information content (AvgIpc) is 2.65. The number of aromatic nitrogens is 1. The molecule has 1 aromatic rings. The molecule has 0 aromatic carbocycles. The van der Waals surface area contributed by atoms with Gasteiger partial charge in [0.05, 0.1) is 0 Å². The number of amides is 1. The van der Waals surface area contributed by atoms with Gasteiger partial charge < -0.3 is 21.5 Å². The lowest BCUT2D eigenvalue weighted by atomic mass is 9.90. The number of nitrogens with two attached hydrogens (primary N) is 2. The molecule has 1 heterocycles.